The summed E-state index contributed by atoms with van der Waals surface area (Å²) in [6, 6.07) is 4.51. The number of hydrogen-bond acceptors (Lipinski definition) is 4. The Balaban J connectivity index is 2.41. The number of aryl methyl sites for hydroxylation is 2. The Morgan fingerprint density at radius 1 is 1.37 bits per heavy atom. The van der Waals surface area contributed by atoms with E-state index in [0.717, 1.165) is 11.3 Å². The lowest BCUT2D eigenvalue weighted by molar-refractivity contribution is 0.405. The van der Waals surface area contributed by atoms with Crippen LogP contribution in [0.25, 0.3) is 0 Å². The monoisotopic (exact) mass is 280 g/mol. The molecule has 1 aromatic rings. The Morgan fingerprint density at radius 3 is 2.63 bits per heavy atom. The number of rotatable bonds is 4. The van der Waals surface area contributed by atoms with Crippen molar-refractivity contribution in [3.8, 4) is 5.75 Å². The number of benzene rings is 1. The topological polar surface area (TPSA) is 47.3 Å². The largest absolute Gasteiger partial charge is 0.496 e. The zero-order valence-electron chi connectivity index (χ0n) is 12.2. The zero-order chi connectivity index (χ0) is 14.0. The van der Waals surface area contributed by atoms with Crippen molar-refractivity contribution in [3.63, 3.8) is 0 Å². The van der Waals surface area contributed by atoms with Crippen LogP contribution in [0.1, 0.15) is 42.5 Å². The molecule has 0 saturated carbocycles. The van der Waals surface area contributed by atoms with E-state index in [1.54, 1.807) is 7.11 Å². The summed E-state index contributed by atoms with van der Waals surface area (Å²) >= 11 is 2.02. The number of methoxy groups -OCH3 is 1. The standard InChI is InChI=1S/C15H24N2OS/c1-10-9-13(18-4)11(2)8-12(10)14(17-16)15(3)6-5-7-19-15/h8-9,14,17H,5-7,16H2,1-4H3. The van der Waals surface area contributed by atoms with Crippen LogP contribution < -0.4 is 16.0 Å². The van der Waals surface area contributed by atoms with E-state index in [9.17, 15) is 0 Å². The predicted octanol–water partition coefficient (Wildman–Crippen LogP) is 3.10. The minimum Gasteiger partial charge on any atom is -0.496 e. The normalized spacial score (nSPS) is 24.5. The van der Waals surface area contributed by atoms with Gasteiger partial charge in [-0.2, -0.15) is 11.8 Å². The van der Waals surface area contributed by atoms with Crippen LogP contribution in [0.15, 0.2) is 12.1 Å². The van der Waals surface area contributed by atoms with Gasteiger partial charge in [-0.05, 0) is 62.1 Å². The lowest BCUT2D eigenvalue weighted by Gasteiger charge is -2.34. The molecule has 1 fully saturated rings. The molecule has 2 rings (SSSR count). The van der Waals surface area contributed by atoms with Crippen molar-refractivity contribution in [2.75, 3.05) is 12.9 Å². The fourth-order valence-corrected chi connectivity index (χ4v) is 4.37. The van der Waals surface area contributed by atoms with Gasteiger partial charge in [0.15, 0.2) is 0 Å². The van der Waals surface area contributed by atoms with Gasteiger partial charge in [0.25, 0.3) is 0 Å². The smallest absolute Gasteiger partial charge is 0.122 e. The summed E-state index contributed by atoms with van der Waals surface area (Å²) < 4.78 is 5.57. The van der Waals surface area contributed by atoms with Gasteiger partial charge in [0, 0.05) is 4.75 Å². The van der Waals surface area contributed by atoms with E-state index < -0.39 is 0 Å². The molecule has 2 atom stereocenters. The highest BCUT2D eigenvalue weighted by atomic mass is 32.2. The van der Waals surface area contributed by atoms with E-state index in [1.807, 2.05) is 11.8 Å². The second-order valence-corrected chi connectivity index (χ2v) is 7.17. The Hall–Kier alpha value is -0.710. The maximum Gasteiger partial charge on any atom is 0.122 e. The highest BCUT2D eigenvalue weighted by Crippen LogP contribution is 2.47. The van der Waals surface area contributed by atoms with Crippen LogP contribution in [0.3, 0.4) is 0 Å². The molecule has 106 valence electrons. The number of hydrazine groups is 1. The summed E-state index contributed by atoms with van der Waals surface area (Å²) in [5.41, 5.74) is 6.73. The molecule has 19 heavy (non-hydrogen) atoms. The summed E-state index contributed by atoms with van der Waals surface area (Å²) in [5.74, 6) is 8.04. The van der Waals surface area contributed by atoms with Gasteiger partial charge in [-0.25, -0.2) is 0 Å². The molecule has 0 aliphatic carbocycles. The quantitative estimate of drug-likeness (QED) is 0.657. The Morgan fingerprint density at radius 2 is 2.11 bits per heavy atom. The summed E-state index contributed by atoms with van der Waals surface area (Å²) in [7, 11) is 1.72. The van der Waals surface area contributed by atoms with Crippen molar-refractivity contribution in [3.05, 3.63) is 28.8 Å². The SMILES string of the molecule is COc1cc(C)c(C(NN)C2(C)CCCS2)cc1C. The van der Waals surface area contributed by atoms with E-state index in [4.69, 9.17) is 10.6 Å². The third-order valence-corrected chi connectivity index (χ3v) is 5.71. The van der Waals surface area contributed by atoms with Gasteiger partial charge in [0.05, 0.1) is 13.2 Å². The lowest BCUT2D eigenvalue weighted by atomic mass is 9.87. The summed E-state index contributed by atoms with van der Waals surface area (Å²) in [5, 5.41) is 0. The molecule has 3 nitrogen and oxygen atoms in total. The molecular formula is C15H24N2OS. The summed E-state index contributed by atoms with van der Waals surface area (Å²) in [4.78, 5) is 0. The first-order chi connectivity index (χ1) is 9.01. The van der Waals surface area contributed by atoms with Gasteiger partial charge < -0.3 is 4.74 Å². The third kappa shape index (κ3) is 2.76. The second kappa shape index (κ2) is 5.73. The predicted molar refractivity (Wildman–Crippen MR) is 82.6 cm³/mol. The number of thioether (sulfide) groups is 1. The van der Waals surface area contributed by atoms with Gasteiger partial charge in [0.2, 0.25) is 0 Å². The van der Waals surface area contributed by atoms with Crippen LogP contribution in [0.5, 0.6) is 5.75 Å². The molecule has 0 spiro atoms. The average Bonchev–Trinajstić information content (AvgIpc) is 2.81. The van der Waals surface area contributed by atoms with Gasteiger partial charge >= 0.3 is 0 Å². The molecule has 3 N–H and O–H groups in total. The molecule has 0 aromatic heterocycles. The Bertz CT molecular complexity index is 456. The zero-order valence-corrected chi connectivity index (χ0v) is 13.1. The van der Waals surface area contributed by atoms with Crippen LogP contribution in [0.2, 0.25) is 0 Å². The number of ether oxygens (including phenoxy) is 1. The minimum atomic E-state index is 0.181. The van der Waals surface area contributed by atoms with Gasteiger partial charge in [-0.3, -0.25) is 11.3 Å². The van der Waals surface area contributed by atoms with E-state index in [0.29, 0.717) is 0 Å². The van der Waals surface area contributed by atoms with E-state index >= 15 is 0 Å². The Labute approximate surface area is 120 Å². The summed E-state index contributed by atoms with van der Waals surface area (Å²) in [6.07, 6.45) is 2.48. The highest BCUT2D eigenvalue weighted by Gasteiger charge is 2.39. The minimum absolute atomic E-state index is 0.181. The molecule has 0 amide bonds. The van der Waals surface area contributed by atoms with Crippen molar-refractivity contribution in [2.24, 2.45) is 5.84 Å². The second-order valence-electron chi connectivity index (χ2n) is 5.54. The van der Waals surface area contributed by atoms with Crippen LogP contribution in [-0.4, -0.2) is 17.6 Å². The molecule has 1 aromatic carbocycles. The van der Waals surface area contributed by atoms with Crippen molar-refractivity contribution in [1.82, 2.24) is 5.43 Å². The molecule has 0 radical (unpaired) electrons. The first-order valence-electron chi connectivity index (χ1n) is 6.77. The van der Waals surface area contributed by atoms with Gasteiger partial charge in [-0.15, -0.1) is 0 Å². The average molecular weight is 280 g/mol. The molecule has 1 aliphatic heterocycles. The van der Waals surface area contributed by atoms with Crippen LogP contribution in [-0.2, 0) is 0 Å². The van der Waals surface area contributed by atoms with Crippen molar-refractivity contribution in [1.29, 1.82) is 0 Å². The molecular weight excluding hydrogens is 256 g/mol. The van der Waals surface area contributed by atoms with Crippen LogP contribution in [0, 0.1) is 13.8 Å². The van der Waals surface area contributed by atoms with Crippen LogP contribution >= 0.6 is 11.8 Å². The molecule has 0 bridgehead atoms. The van der Waals surface area contributed by atoms with Crippen molar-refractivity contribution < 1.29 is 4.74 Å². The van der Waals surface area contributed by atoms with Gasteiger partial charge in [0.1, 0.15) is 5.75 Å². The molecule has 1 heterocycles. The lowest BCUT2D eigenvalue weighted by Crippen LogP contribution is -2.41. The summed E-state index contributed by atoms with van der Waals surface area (Å²) in [6.45, 7) is 6.53. The fourth-order valence-electron chi connectivity index (χ4n) is 2.97. The Kier molecular flexibility index (Phi) is 4.43. The number of nitrogens with two attached hydrogens (primary N) is 1. The molecule has 1 aliphatic rings. The molecule has 1 saturated heterocycles. The van der Waals surface area contributed by atoms with Crippen molar-refractivity contribution in [2.45, 2.75) is 44.4 Å². The van der Waals surface area contributed by atoms with E-state index in [-0.39, 0.29) is 10.8 Å². The third-order valence-electron chi connectivity index (χ3n) is 4.12. The molecule has 4 heteroatoms. The fraction of sp³-hybridized carbons (Fsp3) is 0.600. The molecule has 2 unspecified atom stereocenters. The first kappa shape index (κ1) is 14.7. The number of nitrogens with one attached hydrogen (secondary N) is 1. The highest BCUT2D eigenvalue weighted by molar-refractivity contribution is 8.00. The maximum atomic E-state index is 5.86. The number of hydrogen-bond donors (Lipinski definition) is 2. The maximum absolute atomic E-state index is 5.86. The van der Waals surface area contributed by atoms with E-state index in [1.165, 1.54) is 29.7 Å². The van der Waals surface area contributed by atoms with E-state index in [2.05, 4.69) is 38.3 Å². The first-order valence-corrected chi connectivity index (χ1v) is 7.75. The van der Waals surface area contributed by atoms with Crippen LogP contribution in [0.4, 0.5) is 0 Å². The van der Waals surface area contributed by atoms with Gasteiger partial charge in [-0.1, -0.05) is 6.07 Å². The van der Waals surface area contributed by atoms with Crippen molar-refractivity contribution >= 4 is 11.8 Å².